The summed E-state index contributed by atoms with van der Waals surface area (Å²) in [7, 11) is 0. The van der Waals surface area contributed by atoms with Gasteiger partial charge in [0.15, 0.2) is 0 Å². The lowest BCUT2D eigenvalue weighted by Crippen LogP contribution is -2.44. The third kappa shape index (κ3) is 5.47. The quantitative estimate of drug-likeness (QED) is 0.909. The minimum atomic E-state index is -0.816. The Morgan fingerprint density at radius 2 is 2.04 bits per heavy atom. The van der Waals surface area contributed by atoms with Crippen LogP contribution in [0.1, 0.15) is 66.3 Å². The summed E-state index contributed by atoms with van der Waals surface area (Å²) in [5.41, 5.74) is -1.47. The molecule has 0 fully saturated rings. The number of rotatable bonds is 4. The second kappa shape index (κ2) is 8.08. The highest BCUT2D eigenvalue weighted by molar-refractivity contribution is 5.68. The molecule has 7 heteroatoms. The molecule has 1 aromatic heterocycles. The average molecular weight is 340 g/mol. The number of amides is 1. The summed E-state index contributed by atoms with van der Waals surface area (Å²) >= 11 is 0. The normalized spacial score (nSPS) is 15.0. The number of hydrogen-bond donors (Lipinski definition) is 1. The Hall–Kier alpha value is -2.18. The molecule has 0 aromatic carbocycles. The molecule has 24 heavy (non-hydrogen) atoms. The number of carbonyl (C=O) groups excluding carboxylic acids is 1. The van der Waals surface area contributed by atoms with Gasteiger partial charge in [0, 0.05) is 0 Å². The summed E-state index contributed by atoms with van der Waals surface area (Å²) in [5, 5.41) is 2.64. The van der Waals surface area contributed by atoms with Crippen molar-refractivity contribution in [2.75, 3.05) is 0 Å². The Morgan fingerprint density at radius 3 is 2.50 bits per heavy atom. The van der Waals surface area contributed by atoms with Crippen molar-refractivity contribution in [3.8, 4) is 0 Å². The van der Waals surface area contributed by atoms with Crippen molar-refractivity contribution in [1.29, 1.82) is 0 Å². The van der Waals surface area contributed by atoms with E-state index < -0.39 is 29.2 Å². The van der Waals surface area contributed by atoms with Crippen LogP contribution in [0, 0.1) is 0 Å². The van der Waals surface area contributed by atoms with Crippen LogP contribution in [0.3, 0.4) is 0 Å². The lowest BCUT2D eigenvalue weighted by Gasteiger charge is -2.22. The first-order chi connectivity index (χ1) is 11.1. The Morgan fingerprint density at radius 1 is 1.42 bits per heavy atom. The summed E-state index contributed by atoms with van der Waals surface area (Å²) in [6.07, 6.45) is 2.00. The van der Waals surface area contributed by atoms with E-state index >= 15 is 0 Å². The van der Waals surface area contributed by atoms with Crippen molar-refractivity contribution in [3.05, 3.63) is 26.9 Å². The van der Waals surface area contributed by atoms with Gasteiger partial charge < -0.3 is 14.5 Å². The minimum absolute atomic E-state index is 0.0260. The first kappa shape index (κ1) is 19.9. The van der Waals surface area contributed by atoms with Crippen LogP contribution in [-0.2, 0) is 4.74 Å². The number of carbonyl (C=O) groups is 1. The molecule has 1 atom stereocenters. The van der Waals surface area contributed by atoms with Gasteiger partial charge in [0.25, 0.3) is 0 Å². The molecule has 0 aliphatic carbocycles. The van der Waals surface area contributed by atoms with E-state index in [0.717, 1.165) is 0 Å². The van der Waals surface area contributed by atoms with Crippen molar-refractivity contribution in [2.24, 2.45) is 0 Å². The van der Waals surface area contributed by atoms with E-state index in [0.29, 0.717) is 12.8 Å². The molecule has 0 bridgehead atoms. The molecule has 0 spiro atoms. The molecule has 1 rings (SSSR count). The van der Waals surface area contributed by atoms with E-state index in [-0.39, 0.29) is 16.5 Å². The zero-order valence-corrected chi connectivity index (χ0v) is 15.0. The van der Waals surface area contributed by atoms with Crippen molar-refractivity contribution < 1.29 is 18.3 Å². The molecule has 0 radical (unpaired) electrons. The molecule has 1 aromatic rings. The van der Waals surface area contributed by atoms with Crippen LogP contribution < -0.4 is 21.5 Å². The van der Waals surface area contributed by atoms with Gasteiger partial charge in [-0.25, -0.2) is 19.0 Å². The van der Waals surface area contributed by atoms with Crippen LogP contribution in [0.25, 0.3) is 11.9 Å². The molecule has 1 N–H and O–H groups in total. The lowest BCUT2D eigenvalue weighted by molar-refractivity contribution is 0.0492. The Kier molecular flexibility index (Phi) is 6.69. The summed E-state index contributed by atoms with van der Waals surface area (Å²) in [5.74, 6) is -0.631. The fourth-order valence-corrected chi connectivity index (χ4v) is 2.04. The summed E-state index contributed by atoms with van der Waals surface area (Å²) in [4.78, 5) is 28.2. The van der Waals surface area contributed by atoms with Gasteiger partial charge in [-0.05, 0) is 40.5 Å². The van der Waals surface area contributed by atoms with E-state index in [4.69, 9.17) is 9.15 Å². The molecule has 134 valence electrons. The molecule has 0 aliphatic rings. The van der Waals surface area contributed by atoms with E-state index in [1.54, 1.807) is 33.8 Å². The molecule has 0 aliphatic heterocycles. The fourth-order valence-electron chi connectivity index (χ4n) is 2.04. The van der Waals surface area contributed by atoms with Crippen molar-refractivity contribution in [2.45, 2.75) is 66.0 Å². The van der Waals surface area contributed by atoms with Crippen LogP contribution in [0.4, 0.5) is 9.18 Å². The summed E-state index contributed by atoms with van der Waals surface area (Å²) in [6, 6.07) is -0.648. The van der Waals surface area contributed by atoms with E-state index in [1.807, 2.05) is 6.92 Å². The number of nitrogens with zero attached hydrogens (tertiary/aromatic N) is 1. The summed E-state index contributed by atoms with van der Waals surface area (Å²) in [6.45, 7) is 10.1. The van der Waals surface area contributed by atoms with Crippen LogP contribution in [-0.4, -0.2) is 16.7 Å². The van der Waals surface area contributed by atoms with Crippen LogP contribution >= 0.6 is 0 Å². The predicted molar refractivity (Wildman–Crippen MR) is 89.4 cm³/mol. The average Bonchev–Trinajstić information content (AvgIpc) is 2.42. The Labute approximate surface area is 140 Å². The van der Waals surface area contributed by atoms with Gasteiger partial charge >= 0.3 is 11.7 Å². The molecule has 6 nitrogen and oxygen atoms in total. The zero-order chi connectivity index (χ0) is 18.5. The number of alkyl carbamates (subject to hydrolysis) is 1. The highest BCUT2D eigenvalue weighted by Crippen LogP contribution is 2.13. The van der Waals surface area contributed by atoms with E-state index in [9.17, 15) is 14.0 Å². The molecular weight excluding hydrogens is 315 g/mol. The van der Waals surface area contributed by atoms with Crippen LogP contribution in [0.5, 0.6) is 0 Å². The first-order valence-corrected chi connectivity index (χ1v) is 7.96. The molecule has 0 saturated heterocycles. The smallest absolute Gasteiger partial charge is 0.408 e. The van der Waals surface area contributed by atoms with Gasteiger partial charge in [-0.3, -0.25) is 0 Å². The molecular formula is C17H25FN2O4. The lowest BCUT2D eigenvalue weighted by atomic mass is 10.2. The number of halogens is 1. The molecule has 0 unspecified atom stereocenters. The molecule has 1 heterocycles. The van der Waals surface area contributed by atoms with Crippen LogP contribution in [0.2, 0.25) is 0 Å². The van der Waals surface area contributed by atoms with Gasteiger partial charge in [0.1, 0.15) is 22.7 Å². The largest absolute Gasteiger partial charge is 0.444 e. The fraction of sp³-hybridized carbons (Fsp3) is 0.588. The van der Waals surface area contributed by atoms with Crippen molar-refractivity contribution in [3.63, 3.8) is 0 Å². The van der Waals surface area contributed by atoms with Gasteiger partial charge in [0.2, 0.25) is 5.89 Å². The van der Waals surface area contributed by atoms with Crippen molar-refractivity contribution >= 4 is 18.0 Å². The Bertz CT molecular complexity index is 758. The maximum Gasteiger partial charge on any atom is 0.408 e. The van der Waals surface area contributed by atoms with Gasteiger partial charge in [-0.1, -0.05) is 19.9 Å². The standard InChI is InChI=1S/C17H25FN2O4/c1-7-9-12-13(10(3)18)15(21)23-14(19-12)11(8-2)20-16(22)24-17(4,5)6/h9,11H,7-8H2,1-6H3,(H,20,22)/b12-9+,13-10-/t11-/m0/s1. The van der Waals surface area contributed by atoms with Gasteiger partial charge in [0.05, 0.1) is 5.35 Å². The maximum atomic E-state index is 13.6. The van der Waals surface area contributed by atoms with Gasteiger partial charge in [-0.2, -0.15) is 0 Å². The number of nitrogens with one attached hydrogen (secondary N) is 1. The molecule has 0 saturated carbocycles. The van der Waals surface area contributed by atoms with E-state index in [2.05, 4.69) is 10.3 Å². The number of hydrogen-bond acceptors (Lipinski definition) is 5. The number of aromatic nitrogens is 1. The minimum Gasteiger partial charge on any atom is -0.444 e. The topological polar surface area (TPSA) is 81.4 Å². The number of ether oxygens (including phenoxy) is 1. The van der Waals surface area contributed by atoms with Crippen LogP contribution in [0.15, 0.2) is 9.21 Å². The van der Waals surface area contributed by atoms with E-state index in [1.165, 1.54) is 6.92 Å². The monoisotopic (exact) mass is 340 g/mol. The Balaban J connectivity index is 3.30. The highest BCUT2D eigenvalue weighted by atomic mass is 19.1. The maximum absolute atomic E-state index is 13.6. The zero-order valence-electron chi connectivity index (χ0n) is 15.0. The highest BCUT2D eigenvalue weighted by Gasteiger charge is 2.22. The van der Waals surface area contributed by atoms with Gasteiger partial charge in [-0.15, -0.1) is 0 Å². The predicted octanol–water partition coefficient (Wildman–Crippen LogP) is 2.30. The third-order valence-electron chi connectivity index (χ3n) is 3.03. The molecule has 1 amide bonds. The summed E-state index contributed by atoms with van der Waals surface area (Å²) < 4.78 is 23.9. The second-order valence-corrected chi connectivity index (χ2v) is 6.35. The first-order valence-electron chi connectivity index (χ1n) is 7.96. The van der Waals surface area contributed by atoms with Crippen molar-refractivity contribution in [1.82, 2.24) is 10.3 Å². The third-order valence-corrected chi connectivity index (χ3v) is 3.03. The SMILES string of the molecule is CC/C=c1/nc([C@H](CC)NC(=O)OC(C)(C)C)oc(=O)/c1=C(/C)F. The second-order valence-electron chi connectivity index (χ2n) is 6.35.